The Hall–Kier alpha value is -1.05. The molecule has 0 aromatic carbocycles. The van der Waals surface area contributed by atoms with E-state index >= 15 is 0 Å². The molecule has 1 fully saturated rings. The maximum Gasteiger partial charge on any atom is 0.242 e. The van der Waals surface area contributed by atoms with E-state index in [1.54, 1.807) is 6.92 Å². The molecule has 16 heavy (non-hydrogen) atoms. The van der Waals surface area contributed by atoms with Crippen molar-refractivity contribution in [1.82, 2.24) is 10.2 Å². The van der Waals surface area contributed by atoms with Gasteiger partial charge in [-0.25, -0.2) is 0 Å². The second-order valence-electron chi connectivity index (χ2n) is 3.73. The summed E-state index contributed by atoms with van der Waals surface area (Å²) in [6.07, 6.45) is 2.06. The molecule has 1 amide bonds. The Morgan fingerprint density at radius 3 is 3.12 bits per heavy atom. The number of amides is 1. The van der Waals surface area contributed by atoms with Crippen molar-refractivity contribution in [3.63, 3.8) is 0 Å². The molecule has 2 unspecified atom stereocenters. The first-order valence-corrected chi connectivity index (χ1v) is 6.00. The Labute approximate surface area is 97.2 Å². The summed E-state index contributed by atoms with van der Waals surface area (Å²) in [7, 11) is 0. The monoisotopic (exact) mass is 242 g/mol. The molecule has 0 bridgehead atoms. The molecule has 2 atom stereocenters. The van der Waals surface area contributed by atoms with Crippen molar-refractivity contribution in [1.29, 1.82) is 0 Å². The van der Waals surface area contributed by atoms with Crippen molar-refractivity contribution in [2.45, 2.75) is 31.9 Å². The molecule has 3 N–H and O–H groups in total. The number of nitrogens with one attached hydrogen (secondary N) is 1. The molecule has 0 saturated carbocycles. The fourth-order valence-electron chi connectivity index (χ4n) is 1.41. The van der Waals surface area contributed by atoms with Crippen molar-refractivity contribution in [2.75, 3.05) is 11.9 Å². The summed E-state index contributed by atoms with van der Waals surface area (Å²) in [5.74, 6) is -0.255. The number of nitrogens with two attached hydrogens (primary N) is 1. The molecule has 0 aliphatic carbocycles. The van der Waals surface area contributed by atoms with E-state index < -0.39 is 6.04 Å². The lowest BCUT2D eigenvalue weighted by molar-refractivity contribution is -0.117. The number of carbonyl (C=O) groups excluding carboxylic acids is 1. The highest BCUT2D eigenvalue weighted by Crippen LogP contribution is 2.31. The molecule has 1 aliphatic heterocycles. The van der Waals surface area contributed by atoms with Gasteiger partial charge in [-0.3, -0.25) is 10.1 Å². The van der Waals surface area contributed by atoms with Crippen LogP contribution >= 0.6 is 11.3 Å². The van der Waals surface area contributed by atoms with E-state index in [0.717, 1.165) is 24.5 Å². The molecule has 6 nitrogen and oxygen atoms in total. The van der Waals surface area contributed by atoms with Gasteiger partial charge >= 0.3 is 0 Å². The SMILES string of the molecule is CC(N)C(=O)Nc1nnc(C2CCCO2)s1. The average molecular weight is 242 g/mol. The van der Waals surface area contributed by atoms with Gasteiger partial charge in [0.2, 0.25) is 11.0 Å². The highest BCUT2D eigenvalue weighted by molar-refractivity contribution is 7.15. The van der Waals surface area contributed by atoms with Crippen LogP contribution < -0.4 is 11.1 Å². The van der Waals surface area contributed by atoms with E-state index in [9.17, 15) is 4.79 Å². The number of ether oxygens (including phenoxy) is 1. The molecule has 88 valence electrons. The van der Waals surface area contributed by atoms with Crippen LogP contribution in [0.2, 0.25) is 0 Å². The fraction of sp³-hybridized carbons (Fsp3) is 0.667. The molecule has 1 aromatic rings. The number of nitrogens with zero attached hydrogens (tertiary/aromatic N) is 2. The predicted octanol–water partition coefficient (Wildman–Crippen LogP) is 0.675. The molecular formula is C9H14N4O2S. The first-order valence-electron chi connectivity index (χ1n) is 5.18. The fourth-order valence-corrected chi connectivity index (χ4v) is 2.24. The van der Waals surface area contributed by atoms with E-state index in [-0.39, 0.29) is 12.0 Å². The lowest BCUT2D eigenvalue weighted by Crippen LogP contribution is -2.32. The maximum atomic E-state index is 11.3. The molecule has 2 heterocycles. The van der Waals surface area contributed by atoms with Crippen molar-refractivity contribution in [3.8, 4) is 0 Å². The van der Waals surface area contributed by atoms with Gasteiger partial charge in [-0.2, -0.15) is 0 Å². The van der Waals surface area contributed by atoms with Crippen LogP contribution in [0, 0.1) is 0 Å². The first-order chi connectivity index (χ1) is 7.66. The summed E-state index contributed by atoms with van der Waals surface area (Å²) in [4.78, 5) is 11.3. The van der Waals surface area contributed by atoms with Crippen molar-refractivity contribution in [3.05, 3.63) is 5.01 Å². The third-order valence-corrected chi connectivity index (χ3v) is 3.22. The molecular weight excluding hydrogens is 228 g/mol. The Kier molecular flexibility index (Phi) is 3.47. The molecule has 1 aromatic heterocycles. The van der Waals surface area contributed by atoms with Gasteiger partial charge < -0.3 is 10.5 Å². The zero-order chi connectivity index (χ0) is 11.5. The van der Waals surface area contributed by atoms with Gasteiger partial charge in [-0.05, 0) is 19.8 Å². The van der Waals surface area contributed by atoms with E-state index in [1.807, 2.05) is 0 Å². The Bertz CT molecular complexity index is 373. The Balaban J connectivity index is 1.99. The standard InChI is InChI=1S/C9H14N4O2S/c1-5(10)7(14)11-9-13-12-8(16-9)6-3-2-4-15-6/h5-6H,2-4,10H2,1H3,(H,11,13,14). The van der Waals surface area contributed by atoms with Gasteiger partial charge in [-0.15, -0.1) is 10.2 Å². The van der Waals surface area contributed by atoms with E-state index in [4.69, 9.17) is 10.5 Å². The second-order valence-corrected chi connectivity index (χ2v) is 4.73. The van der Waals surface area contributed by atoms with E-state index in [1.165, 1.54) is 11.3 Å². The van der Waals surface area contributed by atoms with Crippen LogP contribution in [0.3, 0.4) is 0 Å². The zero-order valence-electron chi connectivity index (χ0n) is 8.97. The average Bonchev–Trinajstić information content (AvgIpc) is 2.85. The number of carbonyl (C=O) groups is 1. The summed E-state index contributed by atoms with van der Waals surface area (Å²) in [5, 5.41) is 11.8. The number of rotatable bonds is 3. The Morgan fingerprint density at radius 2 is 2.50 bits per heavy atom. The molecule has 1 saturated heterocycles. The summed E-state index contributed by atoms with van der Waals surface area (Å²) >= 11 is 1.34. The van der Waals surface area contributed by atoms with Gasteiger partial charge in [-0.1, -0.05) is 11.3 Å². The minimum absolute atomic E-state index is 0.0402. The smallest absolute Gasteiger partial charge is 0.242 e. The largest absolute Gasteiger partial charge is 0.371 e. The van der Waals surface area contributed by atoms with Crippen LogP contribution in [0.15, 0.2) is 0 Å². The van der Waals surface area contributed by atoms with Crippen LogP contribution in [0.25, 0.3) is 0 Å². The number of hydrogen-bond acceptors (Lipinski definition) is 6. The third kappa shape index (κ3) is 2.55. The second kappa shape index (κ2) is 4.86. The maximum absolute atomic E-state index is 11.3. The van der Waals surface area contributed by atoms with Gasteiger partial charge in [0.25, 0.3) is 0 Å². The van der Waals surface area contributed by atoms with Crippen LogP contribution in [-0.4, -0.2) is 28.8 Å². The van der Waals surface area contributed by atoms with Gasteiger partial charge in [0.1, 0.15) is 11.1 Å². The van der Waals surface area contributed by atoms with E-state index in [2.05, 4.69) is 15.5 Å². The highest BCUT2D eigenvalue weighted by Gasteiger charge is 2.22. The quantitative estimate of drug-likeness (QED) is 0.813. The van der Waals surface area contributed by atoms with E-state index in [0.29, 0.717) is 5.13 Å². The summed E-state index contributed by atoms with van der Waals surface area (Å²) < 4.78 is 5.48. The summed E-state index contributed by atoms with van der Waals surface area (Å²) in [5.41, 5.74) is 5.43. The topological polar surface area (TPSA) is 90.1 Å². The Morgan fingerprint density at radius 1 is 1.69 bits per heavy atom. The number of anilines is 1. The van der Waals surface area contributed by atoms with Crippen LogP contribution in [0.5, 0.6) is 0 Å². The third-order valence-electron chi connectivity index (χ3n) is 2.29. The summed E-state index contributed by atoms with van der Waals surface area (Å²) in [6, 6.07) is -0.546. The molecule has 0 radical (unpaired) electrons. The lowest BCUT2D eigenvalue weighted by atomic mass is 10.2. The minimum Gasteiger partial charge on any atom is -0.371 e. The normalized spacial score (nSPS) is 22.0. The zero-order valence-corrected chi connectivity index (χ0v) is 9.79. The lowest BCUT2D eigenvalue weighted by Gasteiger charge is -2.03. The first kappa shape index (κ1) is 11.4. The van der Waals surface area contributed by atoms with Crippen molar-refractivity contribution >= 4 is 22.4 Å². The molecule has 2 rings (SSSR count). The van der Waals surface area contributed by atoms with Crippen LogP contribution in [0.4, 0.5) is 5.13 Å². The van der Waals surface area contributed by atoms with Crippen LogP contribution in [-0.2, 0) is 9.53 Å². The van der Waals surface area contributed by atoms with Gasteiger partial charge in [0.15, 0.2) is 0 Å². The van der Waals surface area contributed by atoms with Gasteiger partial charge in [0.05, 0.1) is 6.04 Å². The highest BCUT2D eigenvalue weighted by atomic mass is 32.1. The van der Waals surface area contributed by atoms with Crippen molar-refractivity contribution < 1.29 is 9.53 Å². The summed E-state index contributed by atoms with van der Waals surface area (Å²) in [6.45, 7) is 2.39. The molecule has 1 aliphatic rings. The number of hydrogen-bond donors (Lipinski definition) is 2. The van der Waals surface area contributed by atoms with Crippen LogP contribution in [0.1, 0.15) is 30.9 Å². The van der Waals surface area contributed by atoms with Gasteiger partial charge in [0, 0.05) is 6.61 Å². The van der Waals surface area contributed by atoms with Crippen molar-refractivity contribution in [2.24, 2.45) is 5.73 Å². The molecule has 0 spiro atoms. The predicted molar refractivity (Wildman–Crippen MR) is 60.1 cm³/mol. The molecule has 7 heteroatoms. The number of aromatic nitrogens is 2. The minimum atomic E-state index is -0.546.